The Morgan fingerprint density at radius 3 is 2.64 bits per heavy atom. The molecular formula is C9H20N2O3. The Morgan fingerprint density at radius 2 is 2.21 bits per heavy atom. The van der Waals surface area contributed by atoms with E-state index in [1.807, 2.05) is 0 Å². The fourth-order valence-electron chi connectivity index (χ4n) is 1.11. The van der Waals surface area contributed by atoms with Crippen LogP contribution in [-0.2, 0) is 9.53 Å². The normalized spacial score (nSPS) is 14.9. The summed E-state index contributed by atoms with van der Waals surface area (Å²) in [6.45, 7) is 2.31. The second-order valence-electron chi connectivity index (χ2n) is 3.34. The predicted octanol–water partition coefficient (Wildman–Crippen LogP) is -0.940. The molecule has 0 aromatic rings. The highest BCUT2D eigenvalue weighted by Gasteiger charge is 2.17. The summed E-state index contributed by atoms with van der Waals surface area (Å²) in [5.41, 5.74) is 0. The maximum Gasteiger partial charge on any atom is 0.239 e. The lowest BCUT2D eigenvalue weighted by Crippen LogP contribution is -2.45. The maximum atomic E-state index is 11.5. The Balaban J connectivity index is 3.94. The van der Waals surface area contributed by atoms with Crippen molar-refractivity contribution in [2.75, 3.05) is 34.4 Å². The Labute approximate surface area is 85.0 Å². The molecule has 5 heteroatoms. The molecular weight excluding hydrogens is 184 g/mol. The van der Waals surface area contributed by atoms with Crippen molar-refractivity contribution in [3.05, 3.63) is 0 Å². The van der Waals surface area contributed by atoms with Crippen molar-refractivity contribution in [3.63, 3.8) is 0 Å². The zero-order valence-corrected chi connectivity index (χ0v) is 9.28. The molecule has 5 nitrogen and oxygen atoms in total. The fraction of sp³-hybridized carbons (Fsp3) is 0.889. The number of rotatable bonds is 6. The molecule has 0 aromatic heterocycles. The molecule has 0 rings (SSSR count). The van der Waals surface area contributed by atoms with E-state index in [-0.39, 0.29) is 18.6 Å². The minimum absolute atomic E-state index is 0.0392. The van der Waals surface area contributed by atoms with Gasteiger partial charge in [-0.05, 0) is 14.0 Å². The number of nitrogens with one attached hydrogen (secondary N) is 1. The van der Waals surface area contributed by atoms with Gasteiger partial charge in [0.05, 0.1) is 18.8 Å². The summed E-state index contributed by atoms with van der Waals surface area (Å²) in [4.78, 5) is 13.0. The molecule has 14 heavy (non-hydrogen) atoms. The van der Waals surface area contributed by atoms with Gasteiger partial charge in [0, 0.05) is 20.7 Å². The number of nitrogens with zero attached hydrogens (tertiary/aromatic N) is 1. The van der Waals surface area contributed by atoms with Crippen LogP contribution >= 0.6 is 0 Å². The van der Waals surface area contributed by atoms with Gasteiger partial charge < -0.3 is 20.1 Å². The monoisotopic (exact) mass is 204 g/mol. The van der Waals surface area contributed by atoms with Crippen LogP contribution in [0.1, 0.15) is 6.92 Å². The molecule has 0 radical (unpaired) electrons. The Kier molecular flexibility index (Phi) is 6.44. The van der Waals surface area contributed by atoms with Gasteiger partial charge in [0.25, 0.3) is 0 Å². The first-order valence-electron chi connectivity index (χ1n) is 4.62. The van der Waals surface area contributed by atoms with Crippen molar-refractivity contribution in [2.45, 2.75) is 19.1 Å². The topological polar surface area (TPSA) is 61.8 Å². The fourth-order valence-corrected chi connectivity index (χ4v) is 1.11. The van der Waals surface area contributed by atoms with Gasteiger partial charge >= 0.3 is 0 Å². The van der Waals surface area contributed by atoms with E-state index < -0.39 is 6.10 Å². The molecule has 2 unspecified atom stereocenters. The number of carbonyl (C=O) groups excluding carboxylic acids is 1. The summed E-state index contributed by atoms with van der Waals surface area (Å²) in [5.74, 6) is -0.0392. The van der Waals surface area contributed by atoms with Gasteiger partial charge in [-0.15, -0.1) is 0 Å². The van der Waals surface area contributed by atoms with E-state index in [1.165, 1.54) is 12.0 Å². The Morgan fingerprint density at radius 1 is 1.64 bits per heavy atom. The van der Waals surface area contributed by atoms with E-state index in [0.717, 1.165) is 0 Å². The Bertz CT molecular complexity index is 175. The molecule has 1 amide bonds. The number of methoxy groups -OCH3 is 1. The van der Waals surface area contributed by atoms with E-state index in [2.05, 4.69) is 5.32 Å². The van der Waals surface area contributed by atoms with Crippen molar-refractivity contribution in [1.29, 1.82) is 0 Å². The van der Waals surface area contributed by atoms with Crippen LogP contribution < -0.4 is 5.32 Å². The molecule has 84 valence electrons. The zero-order valence-electron chi connectivity index (χ0n) is 9.28. The first kappa shape index (κ1) is 13.4. The SMILES string of the molecule is CNC(C)C(=O)N(C)CC(O)COC. The highest BCUT2D eigenvalue weighted by Crippen LogP contribution is 1.94. The van der Waals surface area contributed by atoms with Gasteiger partial charge in [-0.1, -0.05) is 0 Å². The molecule has 0 aromatic carbocycles. The molecule has 0 fully saturated rings. The molecule has 2 atom stereocenters. The Hall–Kier alpha value is -0.650. The van der Waals surface area contributed by atoms with Crippen LogP contribution in [0.15, 0.2) is 0 Å². The van der Waals surface area contributed by atoms with Gasteiger partial charge in [0.2, 0.25) is 5.91 Å². The van der Waals surface area contributed by atoms with E-state index in [0.29, 0.717) is 6.54 Å². The number of carbonyl (C=O) groups is 1. The molecule has 0 aliphatic heterocycles. The zero-order chi connectivity index (χ0) is 11.1. The third-order valence-corrected chi connectivity index (χ3v) is 2.02. The summed E-state index contributed by atoms with van der Waals surface area (Å²) in [6.07, 6.45) is -0.627. The van der Waals surface area contributed by atoms with E-state index in [4.69, 9.17) is 4.74 Å². The number of amides is 1. The molecule has 0 saturated carbocycles. The summed E-state index contributed by atoms with van der Waals surface area (Å²) in [7, 11) is 4.90. The van der Waals surface area contributed by atoms with Gasteiger partial charge in [-0.25, -0.2) is 0 Å². The second-order valence-corrected chi connectivity index (χ2v) is 3.34. The van der Waals surface area contributed by atoms with Gasteiger partial charge in [0.15, 0.2) is 0 Å². The third kappa shape index (κ3) is 4.55. The summed E-state index contributed by atoms with van der Waals surface area (Å²) in [6, 6.07) is -0.227. The van der Waals surface area contributed by atoms with E-state index in [9.17, 15) is 9.90 Å². The summed E-state index contributed by atoms with van der Waals surface area (Å²) >= 11 is 0. The standard InChI is InChI=1S/C9H20N2O3/c1-7(10-2)9(13)11(3)5-8(12)6-14-4/h7-8,10,12H,5-6H2,1-4H3. The maximum absolute atomic E-state index is 11.5. The second kappa shape index (κ2) is 6.75. The lowest BCUT2D eigenvalue weighted by molar-refractivity contribution is -0.133. The number of hydrogen-bond acceptors (Lipinski definition) is 4. The van der Waals surface area contributed by atoms with Crippen molar-refractivity contribution in [1.82, 2.24) is 10.2 Å². The van der Waals surface area contributed by atoms with Crippen LogP contribution in [0.25, 0.3) is 0 Å². The van der Waals surface area contributed by atoms with E-state index in [1.54, 1.807) is 21.0 Å². The average molecular weight is 204 g/mol. The van der Waals surface area contributed by atoms with Gasteiger partial charge in [-0.2, -0.15) is 0 Å². The lowest BCUT2D eigenvalue weighted by Gasteiger charge is -2.23. The van der Waals surface area contributed by atoms with Crippen LogP contribution in [0.5, 0.6) is 0 Å². The smallest absolute Gasteiger partial charge is 0.239 e. The molecule has 0 bridgehead atoms. The van der Waals surface area contributed by atoms with Gasteiger partial charge in [-0.3, -0.25) is 4.79 Å². The molecule has 0 aliphatic carbocycles. The van der Waals surface area contributed by atoms with Crippen LogP contribution in [0.3, 0.4) is 0 Å². The molecule has 2 N–H and O–H groups in total. The van der Waals surface area contributed by atoms with Gasteiger partial charge in [0.1, 0.15) is 0 Å². The van der Waals surface area contributed by atoms with E-state index >= 15 is 0 Å². The average Bonchev–Trinajstić information content (AvgIpc) is 2.15. The van der Waals surface area contributed by atoms with Crippen molar-refractivity contribution >= 4 is 5.91 Å². The number of hydrogen-bond donors (Lipinski definition) is 2. The highest BCUT2D eigenvalue weighted by molar-refractivity contribution is 5.81. The first-order valence-corrected chi connectivity index (χ1v) is 4.62. The van der Waals surface area contributed by atoms with Crippen molar-refractivity contribution in [3.8, 4) is 0 Å². The summed E-state index contributed by atoms with van der Waals surface area (Å²) < 4.78 is 4.77. The number of aliphatic hydroxyl groups is 1. The van der Waals surface area contributed by atoms with Crippen LogP contribution in [-0.4, -0.2) is 62.4 Å². The van der Waals surface area contributed by atoms with Crippen molar-refractivity contribution < 1.29 is 14.6 Å². The summed E-state index contributed by atoms with van der Waals surface area (Å²) in [5, 5.41) is 12.2. The molecule has 0 saturated heterocycles. The molecule has 0 aliphatic rings. The highest BCUT2D eigenvalue weighted by atomic mass is 16.5. The van der Waals surface area contributed by atoms with Crippen LogP contribution in [0, 0.1) is 0 Å². The van der Waals surface area contributed by atoms with Crippen molar-refractivity contribution in [2.24, 2.45) is 0 Å². The minimum Gasteiger partial charge on any atom is -0.389 e. The molecule has 0 heterocycles. The van der Waals surface area contributed by atoms with Crippen LogP contribution in [0.4, 0.5) is 0 Å². The lowest BCUT2D eigenvalue weighted by atomic mass is 10.2. The first-order chi connectivity index (χ1) is 6.52. The largest absolute Gasteiger partial charge is 0.389 e. The predicted molar refractivity (Wildman–Crippen MR) is 54.0 cm³/mol. The number of likely N-dealkylation sites (N-methyl/N-ethyl adjacent to an activating group) is 2. The number of ether oxygens (including phenoxy) is 1. The number of aliphatic hydroxyl groups excluding tert-OH is 1. The quantitative estimate of drug-likeness (QED) is 0.586. The molecule has 0 spiro atoms. The minimum atomic E-state index is -0.627. The van der Waals surface area contributed by atoms with Crippen LogP contribution in [0.2, 0.25) is 0 Å². The third-order valence-electron chi connectivity index (χ3n) is 2.02.